The zero-order valence-corrected chi connectivity index (χ0v) is 27.5. The Kier molecular flexibility index (Phi) is 6.74. The fourth-order valence-corrected chi connectivity index (χ4v) is 7.33. The molecule has 0 saturated carbocycles. The third kappa shape index (κ3) is 4.86. The molecule has 6 aromatic carbocycles. The number of para-hydroxylation sites is 3. The van der Waals surface area contributed by atoms with E-state index in [9.17, 15) is 0 Å². The summed E-state index contributed by atoms with van der Waals surface area (Å²) in [5.41, 5.74) is 10.8. The van der Waals surface area contributed by atoms with Gasteiger partial charge in [-0.3, -0.25) is 4.98 Å². The highest BCUT2D eigenvalue weighted by atomic mass is 15.0. The first kappa shape index (κ1) is 29.0. The zero-order valence-electron chi connectivity index (χ0n) is 27.5. The Labute approximate surface area is 294 Å². The average molecular weight is 652 g/mol. The van der Waals surface area contributed by atoms with Crippen LogP contribution in [-0.2, 0) is 0 Å². The van der Waals surface area contributed by atoms with Gasteiger partial charge in [0.05, 0.1) is 39.3 Å². The van der Waals surface area contributed by atoms with Crippen LogP contribution in [0, 0.1) is 0 Å². The maximum atomic E-state index is 5.29. The van der Waals surface area contributed by atoms with E-state index in [0.717, 1.165) is 61.4 Å². The van der Waals surface area contributed by atoms with Crippen LogP contribution in [0.5, 0.6) is 0 Å². The van der Waals surface area contributed by atoms with Gasteiger partial charge in [0.25, 0.3) is 0 Å². The number of hydrogen-bond donors (Lipinski definition) is 0. The summed E-state index contributed by atoms with van der Waals surface area (Å²) in [6.45, 7) is 0. The summed E-state index contributed by atoms with van der Waals surface area (Å²) in [4.78, 5) is 19.8. The zero-order chi connectivity index (χ0) is 33.7. The Morgan fingerprint density at radius 1 is 0.392 bits per heavy atom. The van der Waals surface area contributed by atoms with Gasteiger partial charge in [-0.2, -0.15) is 0 Å². The van der Waals surface area contributed by atoms with Crippen LogP contribution in [0.3, 0.4) is 0 Å². The van der Waals surface area contributed by atoms with Gasteiger partial charge in [0.2, 0.25) is 0 Å². The molecule has 0 aliphatic heterocycles. The first-order valence-electron chi connectivity index (χ1n) is 17.1. The van der Waals surface area contributed by atoms with E-state index in [1.165, 1.54) is 27.2 Å². The molecule has 0 unspecified atom stereocenters. The molecule has 0 radical (unpaired) electrons. The van der Waals surface area contributed by atoms with Crippen molar-refractivity contribution in [3.63, 3.8) is 0 Å². The lowest BCUT2D eigenvalue weighted by molar-refractivity contribution is 1.16. The molecule has 0 saturated heterocycles. The standard InChI is InChI=1S/C46H29N5/c1-3-13-32(14-4-1)46-49-39(29-40(50-46)38-20-11-12-28-47-38)30-22-24-31(25-23-30)45-36-26-27-42-44(43(36)34-17-7-9-19-37(34)48-45)35-18-8-10-21-41(35)51(42)33-15-5-2-6-16-33/h1-29H. The lowest BCUT2D eigenvalue weighted by atomic mass is 9.95. The number of hydrogen-bond acceptors (Lipinski definition) is 4. The van der Waals surface area contributed by atoms with Crippen LogP contribution in [0.1, 0.15) is 0 Å². The smallest absolute Gasteiger partial charge is 0.160 e. The van der Waals surface area contributed by atoms with Crippen molar-refractivity contribution in [1.29, 1.82) is 0 Å². The fourth-order valence-electron chi connectivity index (χ4n) is 7.33. The van der Waals surface area contributed by atoms with Gasteiger partial charge in [-0.05, 0) is 48.5 Å². The van der Waals surface area contributed by atoms with Crippen molar-refractivity contribution in [3.05, 3.63) is 176 Å². The summed E-state index contributed by atoms with van der Waals surface area (Å²) in [5.74, 6) is 0.665. The number of nitrogens with zero attached hydrogens (tertiary/aromatic N) is 5. The van der Waals surface area contributed by atoms with Gasteiger partial charge in [0.1, 0.15) is 0 Å². The van der Waals surface area contributed by atoms with Crippen LogP contribution in [0.2, 0.25) is 0 Å². The summed E-state index contributed by atoms with van der Waals surface area (Å²) in [6, 6.07) is 58.9. The van der Waals surface area contributed by atoms with Crippen LogP contribution < -0.4 is 0 Å². The van der Waals surface area contributed by atoms with E-state index in [-0.39, 0.29) is 0 Å². The molecule has 10 rings (SSSR count). The predicted molar refractivity (Wildman–Crippen MR) is 209 cm³/mol. The van der Waals surface area contributed by atoms with E-state index < -0.39 is 0 Å². The summed E-state index contributed by atoms with van der Waals surface area (Å²) in [7, 11) is 0. The Bertz CT molecular complexity index is 2820. The Morgan fingerprint density at radius 3 is 1.88 bits per heavy atom. The first-order valence-corrected chi connectivity index (χ1v) is 17.1. The SMILES string of the molecule is c1ccc(-c2nc(-c3ccc(-c4nc5ccccc5c5c4ccc4c5c5ccccc5n4-c4ccccc4)cc3)cc(-c3ccccn3)n2)cc1. The van der Waals surface area contributed by atoms with E-state index in [2.05, 4.69) is 125 Å². The summed E-state index contributed by atoms with van der Waals surface area (Å²) >= 11 is 0. The van der Waals surface area contributed by atoms with Crippen molar-refractivity contribution in [2.45, 2.75) is 0 Å². The Balaban J connectivity index is 1.17. The van der Waals surface area contributed by atoms with Gasteiger partial charge < -0.3 is 4.57 Å². The second-order valence-electron chi connectivity index (χ2n) is 12.7. The first-order chi connectivity index (χ1) is 25.3. The Morgan fingerprint density at radius 2 is 1.08 bits per heavy atom. The van der Waals surface area contributed by atoms with Crippen molar-refractivity contribution in [3.8, 4) is 51.0 Å². The third-order valence-electron chi connectivity index (χ3n) is 9.65. The normalized spacial score (nSPS) is 11.5. The van der Waals surface area contributed by atoms with Crippen molar-refractivity contribution >= 4 is 43.5 Å². The minimum absolute atomic E-state index is 0.665. The van der Waals surface area contributed by atoms with Crippen molar-refractivity contribution in [2.75, 3.05) is 0 Å². The fraction of sp³-hybridized carbons (Fsp3) is 0. The third-order valence-corrected chi connectivity index (χ3v) is 9.65. The molecular weight excluding hydrogens is 623 g/mol. The van der Waals surface area contributed by atoms with E-state index in [1.807, 2.05) is 54.6 Å². The summed E-state index contributed by atoms with van der Waals surface area (Å²) in [6.07, 6.45) is 1.79. The maximum absolute atomic E-state index is 5.29. The topological polar surface area (TPSA) is 56.5 Å². The molecule has 10 aromatic rings. The average Bonchev–Trinajstić information content (AvgIpc) is 3.56. The maximum Gasteiger partial charge on any atom is 0.160 e. The van der Waals surface area contributed by atoms with Crippen LogP contribution in [0.4, 0.5) is 0 Å². The van der Waals surface area contributed by atoms with E-state index in [4.69, 9.17) is 15.0 Å². The van der Waals surface area contributed by atoms with Crippen LogP contribution >= 0.6 is 0 Å². The number of rotatable bonds is 5. The van der Waals surface area contributed by atoms with Gasteiger partial charge in [0, 0.05) is 55.5 Å². The molecule has 0 fully saturated rings. The molecule has 0 bridgehead atoms. The molecule has 4 heterocycles. The molecule has 0 aliphatic carbocycles. The number of fused-ring (bicyclic) bond motifs is 7. The second kappa shape index (κ2) is 11.9. The van der Waals surface area contributed by atoms with Crippen molar-refractivity contribution in [2.24, 2.45) is 0 Å². The van der Waals surface area contributed by atoms with Gasteiger partial charge in [-0.25, -0.2) is 15.0 Å². The highest BCUT2D eigenvalue weighted by Gasteiger charge is 2.19. The quantitative estimate of drug-likeness (QED) is 0.174. The molecule has 5 heteroatoms. The molecule has 0 amide bonds. The van der Waals surface area contributed by atoms with E-state index in [1.54, 1.807) is 6.20 Å². The molecular formula is C46H29N5. The number of pyridine rings is 2. The molecule has 51 heavy (non-hydrogen) atoms. The van der Waals surface area contributed by atoms with E-state index >= 15 is 0 Å². The molecule has 0 spiro atoms. The highest BCUT2D eigenvalue weighted by Crippen LogP contribution is 2.42. The van der Waals surface area contributed by atoms with Crippen LogP contribution in [0.25, 0.3) is 94.5 Å². The monoisotopic (exact) mass is 651 g/mol. The van der Waals surface area contributed by atoms with Crippen molar-refractivity contribution < 1.29 is 0 Å². The largest absolute Gasteiger partial charge is 0.309 e. The van der Waals surface area contributed by atoms with Gasteiger partial charge in [-0.1, -0.05) is 121 Å². The van der Waals surface area contributed by atoms with Gasteiger partial charge in [0.15, 0.2) is 5.82 Å². The highest BCUT2D eigenvalue weighted by molar-refractivity contribution is 6.29. The molecule has 238 valence electrons. The summed E-state index contributed by atoms with van der Waals surface area (Å²) < 4.78 is 2.37. The lowest BCUT2D eigenvalue weighted by Crippen LogP contribution is -1.97. The molecule has 0 atom stereocenters. The van der Waals surface area contributed by atoms with E-state index in [0.29, 0.717) is 5.82 Å². The molecule has 5 nitrogen and oxygen atoms in total. The lowest BCUT2D eigenvalue weighted by Gasteiger charge is -2.13. The molecule has 0 N–H and O–H groups in total. The van der Waals surface area contributed by atoms with Crippen molar-refractivity contribution in [1.82, 2.24) is 24.5 Å². The Hall–Kier alpha value is -6.98. The molecule has 4 aromatic heterocycles. The van der Waals surface area contributed by atoms with Gasteiger partial charge in [-0.15, -0.1) is 0 Å². The van der Waals surface area contributed by atoms with Crippen LogP contribution in [-0.4, -0.2) is 24.5 Å². The minimum Gasteiger partial charge on any atom is -0.309 e. The van der Waals surface area contributed by atoms with Crippen LogP contribution in [0.15, 0.2) is 176 Å². The summed E-state index contributed by atoms with van der Waals surface area (Å²) in [5, 5.41) is 5.94. The van der Waals surface area contributed by atoms with Gasteiger partial charge >= 0.3 is 0 Å². The minimum atomic E-state index is 0.665. The number of benzene rings is 6. The predicted octanol–water partition coefficient (Wildman–Crippen LogP) is 11.3. The second-order valence-corrected chi connectivity index (χ2v) is 12.7. The molecule has 0 aliphatic rings. The number of aromatic nitrogens is 5.